The zero-order valence-electron chi connectivity index (χ0n) is 16.1. The van der Waals surface area contributed by atoms with E-state index in [0.29, 0.717) is 46.9 Å². The molecule has 29 heavy (non-hydrogen) atoms. The molecule has 0 unspecified atom stereocenters. The molecule has 0 fully saturated rings. The lowest BCUT2D eigenvalue weighted by molar-refractivity contribution is 0.324. The van der Waals surface area contributed by atoms with Crippen LogP contribution in [0.5, 0.6) is 17.2 Å². The maximum absolute atomic E-state index is 13.2. The molecule has 0 atom stereocenters. The van der Waals surface area contributed by atoms with Gasteiger partial charge in [0.1, 0.15) is 17.9 Å². The highest BCUT2D eigenvalue weighted by atomic mass is 19.1. The van der Waals surface area contributed by atoms with Gasteiger partial charge in [0.25, 0.3) is 5.95 Å². The Morgan fingerprint density at radius 3 is 2.31 bits per heavy atom. The smallest absolute Gasteiger partial charge is 0.254 e. The number of halogens is 1. The van der Waals surface area contributed by atoms with Gasteiger partial charge in [-0.25, -0.2) is 9.38 Å². The Bertz CT molecular complexity index is 1080. The van der Waals surface area contributed by atoms with Crippen molar-refractivity contribution in [2.24, 2.45) is 9.98 Å². The first-order valence-electron chi connectivity index (χ1n) is 8.73. The van der Waals surface area contributed by atoms with Crippen molar-refractivity contribution in [3.05, 3.63) is 59.7 Å². The third kappa shape index (κ3) is 3.42. The molecule has 0 N–H and O–H groups in total. The number of aliphatic imine (C=N–C) groups is 2. The minimum absolute atomic E-state index is 0.291. The molecular formula is C20H18FN5O3. The summed E-state index contributed by atoms with van der Waals surface area (Å²) in [4.78, 5) is 13.4. The number of methoxy groups -OCH3 is 3. The molecule has 9 heteroatoms. The summed E-state index contributed by atoms with van der Waals surface area (Å²) in [6.07, 6.45) is 1.41. The normalized spacial score (nSPS) is 13.9. The second-order valence-corrected chi connectivity index (χ2v) is 6.11. The lowest BCUT2D eigenvalue weighted by Gasteiger charge is -2.14. The fourth-order valence-electron chi connectivity index (χ4n) is 3.02. The Kier molecular flexibility index (Phi) is 4.94. The first-order chi connectivity index (χ1) is 14.1. The molecule has 8 nitrogen and oxygen atoms in total. The zero-order chi connectivity index (χ0) is 20.4. The van der Waals surface area contributed by atoms with E-state index in [1.807, 2.05) is 0 Å². The zero-order valence-corrected chi connectivity index (χ0v) is 16.1. The van der Waals surface area contributed by atoms with Crippen molar-refractivity contribution in [2.45, 2.75) is 6.54 Å². The molecular weight excluding hydrogens is 377 g/mol. The minimum Gasteiger partial charge on any atom is -0.493 e. The van der Waals surface area contributed by atoms with E-state index < -0.39 is 0 Å². The van der Waals surface area contributed by atoms with Crippen LogP contribution in [0.2, 0.25) is 0 Å². The Morgan fingerprint density at radius 1 is 1.00 bits per heavy atom. The van der Waals surface area contributed by atoms with Gasteiger partial charge in [0.2, 0.25) is 5.75 Å². The largest absolute Gasteiger partial charge is 0.493 e. The molecule has 2 heterocycles. The van der Waals surface area contributed by atoms with Crippen LogP contribution < -0.4 is 14.2 Å². The molecule has 0 amide bonds. The summed E-state index contributed by atoms with van der Waals surface area (Å²) in [7, 11) is 4.64. The number of fused-ring (bicyclic) bond motifs is 1. The second kappa shape index (κ2) is 7.70. The van der Waals surface area contributed by atoms with Crippen LogP contribution in [0.4, 0.5) is 10.3 Å². The Morgan fingerprint density at radius 2 is 1.69 bits per heavy atom. The van der Waals surface area contributed by atoms with Crippen molar-refractivity contribution in [1.82, 2.24) is 14.8 Å². The van der Waals surface area contributed by atoms with Crippen molar-refractivity contribution in [3.63, 3.8) is 0 Å². The van der Waals surface area contributed by atoms with Crippen molar-refractivity contribution in [1.29, 1.82) is 0 Å². The van der Waals surface area contributed by atoms with Crippen LogP contribution in [0.25, 0.3) is 0 Å². The van der Waals surface area contributed by atoms with Crippen molar-refractivity contribution in [3.8, 4) is 17.2 Å². The summed E-state index contributed by atoms with van der Waals surface area (Å²) < 4.78 is 31.0. The topological polar surface area (TPSA) is 83.1 Å². The molecule has 1 aromatic heterocycles. The molecule has 2 aromatic carbocycles. The van der Waals surface area contributed by atoms with Gasteiger partial charge in [0.05, 0.1) is 27.9 Å². The third-order valence-electron chi connectivity index (χ3n) is 4.42. The molecule has 4 rings (SSSR count). The average Bonchev–Trinajstić information content (AvgIpc) is 3.34. The van der Waals surface area contributed by atoms with E-state index in [9.17, 15) is 4.39 Å². The molecule has 1 aliphatic heterocycles. The van der Waals surface area contributed by atoms with E-state index in [1.165, 1.54) is 18.5 Å². The maximum atomic E-state index is 13.2. The highest BCUT2D eigenvalue weighted by Crippen LogP contribution is 2.39. The van der Waals surface area contributed by atoms with Crippen LogP contribution in [-0.4, -0.2) is 47.6 Å². The van der Waals surface area contributed by atoms with Gasteiger partial charge in [-0.3, -0.25) is 4.99 Å². The number of hydrogen-bond acceptors (Lipinski definition) is 7. The summed E-state index contributed by atoms with van der Waals surface area (Å²) in [5.41, 5.74) is 2.14. The molecule has 148 valence electrons. The Hall–Kier alpha value is -3.75. The van der Waals surface area contributed by atoms with E-state index in [0.717, 1.165) is 5.56 Å². The van der Waals surface area contributed by atoms with Crippen molar-refractivity contribution >= 4 is 17.5 Å². The molecule has 0 aliphatic carbocycles. The number of nitrogens with zero attached hydrogens (tertiary/aromatic N) is 5. The lowest BCUT2D eigenvalue weighted by atomic mass is 10.1. The van der Waals surface area contributed by atoms with E-state index in [-0.39, 0.29) is 5.82 Å². The summed E-state index contributed by atoms with van der Waals surface area (Å²) >= 11 is 0. The monoisotopic (exact) mass is 395 g/mol. The summed E-state index contributed by atoms with van der Waals surface area (Å²) in [6, 6.07) is 9.76. The maximum Gasteiger partial charge on any atom is 0.254 e. The fraction of sp³-hybridized carbons (Fsp3) is 0.200. The summed E-state index contributed by atoms with van der Waals surface area (Å²) in [5.74, 6) is 2.14. The van der Waals surface area contributed by atoms with Gasteiger partial charge in [-0.05, 0) is 29.8 Å². The van der Waals surface area contributed by atoms with Gasteiger partial charge >= 0.3 is 0 Å². The van der Waals surface area contributed by atoms with Crippen LogP contribution in [0, 0.1) is 5.82 Å². The predicted molar refractivity (Wildman–Crippen MR) is 105 cm³/mol. The van der Waals surface area contributed by atoms with Crippen molar-refractivity contribution in [2.75, 3.05) is 21.3 Å². The lowest BCUT2D eigenvalue weighted by Crippen LogP contribution is -2.20. The Balaban J connectivity index is 1.77. The summed E-state index contributed by atoms with van der Waals surface area (Å²) in [5, 5.41) is 4.21. The molecule has 0 saturated heterocycles. The number of ether oxygens (including phenoxy) is 3. The van der Waals surface area contributed by atoms with E-state index in [1.54, 1.807) is 50.3 Å². The molecule has 0 spiro atoms. The first kappa shape index (κ1) is 18.6. The van der Waals surface area contributed by atoms with Crippen LogP contribution in [0.3, 0.4) is 0 Å². The molecule has 0 radical (unpaired) electrons. The number of aromatic nitrogens is 3. The van der Waals surface area contributed by atoms with Gasteiger partial charge in [-0.1, -0.05) is 12.1 Å². The van der Waals surface area contributed by atoms with Gasteiger partial charge in [-0.15, -0.1) is 0 Å². The van der Waals surface area contributed by atoms with Gasteiger partial charge in [0, 0.05) is 5.56 Å². The number of rotatable bonds is 6. The highest BCUT2D eigenvalue weighted by molar-refractivity contribution is 6.50. The van der Waals surface area contributed by atoms with Gasteiger partial charge < -0.3 is 14.2 Å². The van der Waals surface area contributed by atoms with E-state index in [4.69, 9.17) is 14.2 Å². The van der Waals surface area contributed by atoms with Crippen LogP contribution in [0.1, 0.15) is 11.1 Å². The van der Waals surface area contributed by atoms with Crippen LogP contribution in [0.15, 0.2) is 52.7 Å². The standard InChI is InChI=1S/C20H18FN5O3/c1-27-15-8-13(9-16(28-2)18(15)29-3)17-19(26-20(25-17)23-11-24-26)22-10-12-4-6-14(21)7-5-12/h4-9,11H,10H2,1-3H3. The fourth-order valence-corrected chi connectivity index (χ4v) is 3.02. The average molecular weight is 395 g/mol. The van der Waals surface area contributed by atoms with E-state index in [2.05, 4.69) is 20.1 Å². The van der Waals surface area contributed by atoms with Crippen LogP contribution >= 0.6 is 0 Å². The van der Waals surface area contributed by atoms with Crippen LogP contribution in [-0.2, 0) is 6.54 Å². The van der Waals surface area contributed by atoms with E-state index >= 15 is 0 Å². The predicted octanol–water partition coefficient (Wildman–Crippen LogP) is 3.02. The van der Waals surface area contributed by atoms with Gasteiger partial charge in [0.15, 0.2) is 17.3 Å². The number of hydrogen-bond donors (Lipinski definition) is 0. The number of benzene rings is 2. The van der Waals surface area contributed by atoms with Crippen molar-refractivity contribution < 1.29 is 18.6 Å². The first-order valence-corrected chi connectivity index (χ1v) is 8.73. The second-order valence-electron chi connectivity index (χ2n) is 6.11. The molecule has 3 aromatic rings. The highest BCUT2D eigenvalue weighted by Gasteiger charge is 2.27. The quantitative estimate of drug-likeness (QED) is 0.641. The molecule has 0 saturated carbocycles. The molecule has 0 bridgehead atoms. The third-order valence-corrected chi connectivity index (χ3v) is 4.42. The molecule has 1 aliphatic rings. The Labute approximate surface area is 166 Å². The van der Waals surface area contributed by atoms with Gasteiger partial charge in [-0.2, -0.15) is 14.8 Å². The SMILES string of the molecule is COc1cc(C2=Nc3ncnn3C2=NCc2ccc(F)cc2)cc(OC)c1OC. The minimum atomic E-state index is -0.291. The summed E-state index contributed by atoms with van der Waals surface area (Å²) in [6.45, 7) is 0.332.